The van der Waals surface area contributed by atoms with Gasteiger partial charge in [-0.2, -0.15) is 5.10 Å². The normalized spacial score (nSPS) is 12.9. The summed E-state index contributed by atoms with van der Waals surface area (Å²) in [5, 5.41) is 21.8. The standard InChI is InChI=1S/C8H16N4O4S/c1-8(4-13,5-14)11-17(15,16)6-3-12(2)10-7(6)9/h3,11,13-14H,4-5H2,1-2H3,(H2,9,10). The zero-order chi connectivity index (χ0) is 13.3. The average Bonchev–Trinajstić information content (AvgIpc) is 2.58. The van der Waals surface area contributed by atoms with Crippen LogP contribution in [0.1, 0.15) is 6.92 Å². The van der Waals surface area contributed by atoms with Crippen LogP contribution in [0.25, 0.3) is 0 Å². The van der Waals surface area contributed by atoms with Crippen LogP contribution in [0, 0.1) is 0 Å². The summed E-state index contributed by atoms with van der Waals surface area (Å²) in [5.74, 6) is -0.141. The first-order valence-corrected chi connectivity index (χ1v) is 6.27. The van der Waals surface area contributed by atoms with Crippen molar-refractivity contribution in [3.05, 3.63) is 6.20 Å². The van der Waals surface area contributed by atoms with Crippen molar-refractivity contribution in [3.63, 3.8) is 0 Å². The summed E-state index contributed by atoms with van der Waals surface area (Å²) < 4.78 is 27.3. The van der Waals surface area contributed by atoms with Gasteiger partial charge >= 0.3 is 0 Å². The minimum absolute atomic E-state index is 0.141. The molecule has 17 heavy (non-hydrogen) atoms. The molecule has 0 amide bonds. The Hall–Kier alpha value is -1.16. The van der Waals surface area contributed by atoms with Gasteiger partial charge in [-0.05, 0) is 6.92 Å². The topological polar surface area (TPSA) is 130 Å². The Morgan fingerprint density at radius 2 is 2.06 bits per heavy atom. The molecule has 0 fully saturated rings. The SMILES string of the molecule is Cn1cc(S(=O)(=O)NC(C)(CO)CO)c(N)n1. The van der Waals surface area contributed by atoms with Crippen molar-refractivity contribution in [3.8, 4) is 0 Å². The highest BCUT2D eigenvalue weighted by Gasteiger charge is 2.31. The highest BCUT2D eigenvalue weighted by molar-refractivity contribution is 7.89. The van der Waals surface area contributed by atoms with Gasteiger partial charge in [0.2, 0.25) is 10.0 Å². The van der Waals surface area contributed by atoms with Crippen LogP contribution in [0.3, 0.4) is 0 Å². The Morgan fingerprint density at radius 3 is 2.41 bits per heavy atom. The van der Waals surface area contributed by atoms with E-state index in [1.165, 1.54) is 24.9 Å². The molecule has 8 nitrogen and oxygen atoms in total. The summed E-state index contributed by atoms with van der Waals surface area (Å²) in [6.45, 7) is 0.295. The van der Waals surface area contributed by atoms with E-state index in [9.17, 15) is 8.42 Å². The lowest BCUT2D eigenvalue weighted by molar-refractivity contribution is 0.122. The number of sulfonamides is 1. The van der Waals surface area contributed by atoms with Crippen molar-refractivity contribution >= 4 is 15.8 Å². The zero-order valence-electron chi connectivity index (χ0n) is 9.58. The van der Waals surface area contributed by atoms with Gasteiger partial charge in [0.1, 0.15) is 4.90 Å². The first-order chi connectivity index (χ1) is 7.74. The average molecular weight is 264 g/mol. The highest BCUT2D eigenvalue weighted by Crippen LogP contribution is 2.17. The summed E-state index contributed by atoms with van der Waals surface area (Å²) in [6.07, 6.45) is 1.24. The van der Waals surface area contributed by atoms with Gasteiger partial charge in [0.15, 0.2) is 5.82 Å². The molecule has 0 saturated heterocycles. The first kappa shape index (κ1) is 13.9. The van der Waals surface area contributed by atoms with Crippen LogP contribution in [0.2, 0.25) is 0 Å². The Kier molecular flexibility index (Phi) is 3.77. The van der Waals surface area contributed by atoms with Crippen LogP contribution in [-0.2, 0) is 17.1 Å². The van der Waals surface area contributed by atoms with E-state index in [-0.39, 0.29) is 10.7 Å². The molecule has 1 heterocycles. The van der Waals surface area contributed by atoms with E-state index in [1.807, 2.05) is 0 Å². The minimum atomic E-state index is -3.93. The summed E-state index contributed by atoms with van der Waals surface area (Å²) in [6, 6.07) is 0. The molecule has 98 valence electrons. The van der Waals surface area contributed by atoms with Crippen molar-refractivity contribution in [2.45, 2.75) is 17.4 Å². The van der Waals surface area contributed by atoms with Crippen molar-refractivity contribution in [1.82, 2.24) is 14.5 Å². The molecular formula is C8H16N4O4S. The number of hydrogen-bond acceptors (Lipinski definition) is 6. The number of nitrogen functional groups attached to an aromatic ring is 1. The van der Waals surface area contributed by atoms with Crippen molar-refractivity contribution in [1.29, 1.82) is 0 Å². The number of anilines is 1. The molecule has 1 aromatic rings. The molecule has 0 aliphatic heterocycles. The largest absolute Gasteiger partial charge is 0.394 e. The number of hydrogen-bond donors (Lipinski definition) is 4. The van der Waals surface area contributed by atoms with Crippen LogP contribution >= 0.6 is 0 Å². The summed E-state index contributed by atoms with van der Waals surface area (Å²) >= 11 is 0. The maximum atomic E-state index is 11.9. The fourth-order valence-electron chi connectivity index (χ4n) is 1.18. The van der Waals surface area contributed by atoms with E-state index >= 15 is 0 Å². The van der Waals surface area contributed by atoms with E-state index in [1.54, 1.807) is 0 Å². The number of nitrogens with zero attached hydrogens (tertiary/aromatic N) is 2. The number of aliphatic hydroxyl groups is 2. The third kappa shape index (κ3) is 2.94. The fourth-order valence-corrected chi connectivity index (χ4v) is 2.68. The summed E-state index contributed by atoms with van der Waals surface area (Å²) in [5.41, 5.74) is 4.11. The van der Waals surface area contributed by atoms with Gasteiger partial charge in [0.05, 0.1) is 18.8 Å². The summed E-state index contributed by atoms with van der Waals surface area (Å²) in [7, 11) is -2.40. The quantitative estimate of drug-likeness (QED) is 0.487. The molecule has 0 radical (unpaired) electrons. The minimum Gasteiger partial charge on any atom is -0.394 e. The first-order valence-electron chi connectivity index (χ1n) is 4.79. The molecule has 0 aliphatic rings. The Morgan fingerprint density at radius 1 is 1.53 bits per heavy atom. The lowest BCUT2D eigenvalue weighted by Gasteiger charge is -2.25. The second-order valence-electron chi connectivity index (χ2n) is 4.03. The number of nitrogens with one attached hydrogen (secondary N) is 1. The molecule has 0 aliphatic carbocycles. The monoisotopic (exact) mass is 264 g/mol. The molecule has 9 heteroatoms. The summed E-state index contributed by atoms with van der Waals surface area (Å²) in [4.78, 5) is -0.187. The van der Waals surface area contributed by atoms with Gasteiger partial charge in [0.25, 0.3) is 0 Å². The van der Waals surface area contributed by atoms with Gasteiger partial charge in [-0.1, -0.05) is 0 Å². The Balaban J connectivity index is 3.09. The van der Waals surface area contributed by atoms with Gasteiger partial charge < -0.3 is 15.9 Å². The molecule has 0 aromatic carbocycles. The number of aryl methyl sites for hydroxylation is 1. The molecule has 1 rings (SSSR count). The van der Waals surface area contributed by atoms with E-state index < -0.39 is 28.8 Å². The van der Waals surface area contributed by atoms with E-state index in [0.717, 1.165) is 0 Å². The Bertz CT molecular complexity index is 492. The molecule has 0 atom stereocenters. The molecular weight excluding hydrogens is 248 g/mol. The molecule has 0 bridgehead atoms. The fraction of sp³-hybridized carbons (Fsp3) is 0.625. The smallest absolute Gasteiger partial charge is 0.246 e. The van der Waals surface area contributed by atoms with Crippen LogP contribution in [0.15, 0.2) is 11.1 Å². The maximum Gasteiger partial charge on any atom is 0.246 e. The molecule has 5 N–H and O–H groups in total. The molecule has 0 saturated carbocycles. The van der Waals surface area contributed by atoms with Crippen LogP contribution < -0.4 is 10.5 Å². The van der Waals surface area contributed by atoms with E-state index in [0.29, 0.717) is 0 Å². The van der Waals surface area contributed by atoms with Crippen molar-refractivity contribution < 1.29 is 18.6 Å². The second-order valence-corrected chi connectivity index (χ2v) is 5.69. The Labute approximate surface area is 99.1 Å². The van der Waals surface area contributed by atoms with Crippen molar-refractivity contribution in [2.24, 2.45) is 7.05 Å². The zero-order valence-corrected chi connectivity index (χ0v) is 10.4. The number of nitrogens with two attached hydrogens (primary N) is 1. The highest BCUT2D eigenvalue weighted by atomic mass is 32.2. The third-order valence-corrected chi connectivity index (χ3v) is 3.85. The number of rotatable bonds is 5. The third-order valence-electron chi connectivity index (χ3n) is 2.19. The predicted octanol–water partition coefficient (Wildman–Crippen LogP) is -1.98. The van der Waals surface area contributed by atoms with Gasteiger partial charge in [0, 0.05) is 13.2 Å². The van der Waals surface area contributed by atoms with Crippen molar-refractivity contribution in [2.75, 3.05) is 18.9 Å². The predicted molar refractivity (Wildman–Crippen MR) is 60.5 cm³/mol. The lowest BCUT2D eigenvalue weighted by Crippen LogP contribution is -2.51. The molecule has 0 spiro atoms. The maximum absolute atomic E-state index is 11.9. The van der Waals surface area contributed by atoms with Gasteiger partial charge in [-0.25, -0.2) is 13.1 Å². The van der Waals surface area contributed by atoms with E-state index in [2.05, 4.69) is 9.82 Å². The molecule has 1 aromatic heterocycles. The van der Waals surface area contributed by atoms with Gasteiger partial charge in [-0.15, -0.1) is 0 Å². The lowest BCUT2D eigenvalue weighted by atomic mass is 10.1. The molecule has 0 unspecified atom stereocenters. The van der Waals surface area contributed by atoms with Gasteiger partial charge in [-0.3, -0.25) is 4.68 Å². The number of aromatic nitrogens is 2. The number of aliphatic hydroxyl groups excluding tert-OH is 2. The van der Waals surface area contributed by atoms with Crippen LogP contribution in [-0.4, -0.2) is 47.2 Å². The van der Waals surface area contributed by atoms with Crippen LogP contribution in [0.4, 0.5) is 5.82 Å². The second kappa shape index (κ2) is 4.61. The van der Waals surface area contributed by atoms with E-state index in [4.69, 9.17) is 15.9 Å². The van der Waals surface area contributed by atoms with Crippen LogP contribution in [0.5, 0.6) is 0 Å².